The first-order chi connectivity index (χ1) is 7.64. The average molecular weight is 241 g/mol. The lowest BCUT2D eigenvalue weighted by Gasteiger charge is -2.36. The molecule has 0 bridgehead atoms. The van der Waals surface area contributed by atoms with Crippen molar-refractivity contribution in [2.24, 2.45) is 10.8 Å². The minimum atomic E-state index is -0.153. The second kappa shape index (κ2) is 6.08. The van der Waals surface area contributed by atoms with Crippen molar-refractivity contribution in [3.05, 3.63) is 12.3 Å². The largest absolute Gasteiger partial charge is 0.469 e. The van der Waals surface area contributed by atoms with Gasteiger partial charge in [-0.05, 0) is 18.8 Å². The first kappa shape index (κ1) is 16.0. The van der Waals surface area contributed by atoms with Crippen LogP contribution in [0.4, 0.5) is 0 Å². The minimum Gasteiger partial charge on any atom is -0.469 e. The summed E-state index contributed by atoms with van der Waals surface area (Å²) >= 11 is 0. The molecule has 0 fully saturated rings. The van der Waals surface area contributed by atoms with E-state index in [-0.39, 0.29) is 16.8 Å². The molecule has 0 aliphatic carbocycles. The molecule has 1 N–H and O–H groups in total. The van der Waals surface area contributed by atoms with Gasteiger partial charge in [0.15, 0.2) is 0 Å². The van der Waals surface area contributed by atoms with E-state index in [9.17, 15) is 4.79 Å². The third-order valence-electron chi connectivity index (χ3n) is 2.98. The van der Waals surface area contributed by atoms with Crippen LogP contribution in [0.15, 0.2) is 12.3 Å². The lowest BCUT2D eigenvalue weighted by molar-refractivity contribution is -0.143. The summed E-state index contributed by atoms with van der Waals surface area (Å²) in [5.74, 6) is -0.153. The van der Waals surface area contributed by atoms with Crippen molar-refractivity contribution in [1.29, 1.82) is 0 Å². The molecule has 0 radical (unpaired) electrons. The fourth-order valence-corrected chi connectivity index (χ4v) is 2.28. The Kier molecular flexibility index (Phi) is 5.73. The Labute approximate surface area is 106 Å². The number of rotatable bonds is 7. The molecule has 0 saturated carbocycles. The highest BCUT2D eigenvalue weighted by atomic mass is 16.5. The average Bonchev–Trinajstić information content (AvgIpc) is 2.15. The lowest BCUT2D eigenvalue weighted by atomic mass is 9.72. The number of ether oxygens (including phenoxy) is 1. The fraction of sp³-hybridized carbons (Fsp3) is 0.786. The van der Waals surface area contributed by atoms with E-state index >= 15 is 0 Å². The zero-order valence-electron chi connectivity index (χ0n) is 12.1. The summed E-state index contributed by atoms with van der Waals surface area (Å²) in [5, 5.41) is 3.27. The molecule has 3 heteroatoms. The molecule has 0 aliphatic heterocycles. The summed E-state index contributed by atoms with van der Waals surface area (Å²) in [6.07, 6.45) is 1.33. The Bertz CT molecular complexity index is 280. The van der Waals surface area contributed by atoms with Crippen LogP contribution in [0, 0.1) is 10.8 Å². The maximum absolute atomic E-state index is 11.3. The Morgan fingerprint density at radius 1 is 1.29 bits per heavy atom. The Morgan fingerprint density at radius 3 is 2.24 bits per heavy atom. The van der Waals surface area contributed by atoms with E-state index in [0.29, 0.717) is 6.42 Å². The Balaban J connectivity index is 4.57. The zero-order chi connectivity index (χ0) is 13.7. The smallest absolute Gasteiger partial charge is 0.306 e. The number of allylic oxidation sites excluding steroid dienone is 1. The van der Waals surface area contributed by atoms with Gasteiger partial charge >= 0.3 is 5.97 Å². The number of hydrogen-bond donors (Lipinski definition) is 1. The highest BCUT2D eigenvalue weighted by molar-refractivity contribution is 5.69. The minimum absolute atomic E-state index is 0.0342. The van der Waals surface area contributed by atoms with E-state index in [2.05, 4.69) is 46.5 Å². The van der Waals surface area contributed by atoms with Crippen molar-refractivity contribution in [3.63, 3.8) is 0 Å². The monoisotopic (exact) mass is 241 g/mol. The van der Waals surface area contributed by atoms with Gasteiger partial charge in [0.25, 0.3) is 0 Å². The Hall–Kier alpha value is -0.990. The van der Waals surface area contributed by atoms with E-state index in [1.165, 1.54) is 7.11 Å². The number of nitrogens with one attached hydrogen (secondary N) is 1. The fourth-order valence-electron chi connectivity index (χ4n) is 2.28. The molecule has 0 spiro atoms. The maximum Gasteiger partial charge on any atom is 0.306 e. The number of hydrogen-bond acceptors (Lipinski definition) is 3. The van der Waals surface area contributed by atoms with Crippen LogP contribution in [0.2, 0.25) is 0 Å². The molecule has 0 aromatic heterocycles. The predicted molar refractivity (Wildman–Crippen MR) is 71.6 cm³/mol. The van der Waals surface area contributed by atoms with Gasteiger partial charge in [0.1, 0.15) is 0 Å². The summed E-state index contributed by atoms with van der Waals surface area (Å²) in [7, 11) is 1.43. The third-order valence-corrected chi connectivity index (χ3v) is 2.98. The number of carbonyl (C=O) groups is 1. The van der Waals surface area contributed by atoms with Crippen LogP contribution in [0.25, 0.3) is 0 Å². The van der Waals surface area contributed by atoms with Gasteiger partial charge in [0.2, 0.25) is 0 Å². The van der Waals surface area contributed by atoms with Gasteiger partial charge < -0.3 is 10.1 Å². The summed E-state index contributed by atoms with van der Waals surface area (Å²) in [5.41, 5.74) is 0.903. The van der Waals surface area contributed by atoms with E-state index in [0.717, 1.165) is 18.7 Å². The standard InChI is InChI=1S/C14H27NO2/c1-8-15-11(2)14(5,6)10-13(3,4)9-12(16)17-7/h15H,2,8-10H2,1,3-7H3. The number of esters is 1. The second-order valence-corrected chi connectivity index (χ2v) is 5.99. The zero-order valence-corrected chi connectivity index (χ0v) is 12.1. The molecule has 17 heavy (non-hydrogen) atoms. The van der Waals surface area contributed by atoms with Crippen LogP contribution < -0.4 is 5.32 Å². The van der Waals surface area contributed by atoms with Crippen molar-refractivity contribution < 1.29 is 9.53 Å². The maximum atomic E-state index is 11.3. The molecule has 0 aromatic carbocycles. The second-order valence-electron chi connectivity index (χ2n) is 5.99. The topological polar surface area (TPSA) is 38.3 Å². The molecule has 0 saturated heterocycles. The molecule has 3 nitrogen and oxygen atoms in total. The first-order valence-corrected chi connectivity index (χ1v) is 6.14. The molecule has 0 heterocycles. The Morgan fingerprint density at radius 2 is 1.82 bits per heavy atom. The van der Waals surface area contributed by atoms with Gasteiger partial charge in [-0.3, -0.25) is 4.79 Å². The number of carbonyl (C=O) groups excluding carboxylic acids is 1. The van der Waals surface area contributed by atoms with Crippen LogP contribution in [0.5, 0.6) is 0 Å². The summed E-state index contributed by atoms with van der Waals surface area (Å²) in [6, 6.07) is 0. The van der Waals surface area contributed by atoms with E-state index < -0.39 is 0 Å². The van der Waals surface area contributed by atoms with Gasteiger partial charge in [-0.15, -0.1) is 0 Å². The third kappa shape index (κ3) is 5.76. The normalized spacial score (nSPS) is 12.1. The predicted octanol–water partition coefficient (Wildman–Crippen LogP) is 3.12. The van der Waals surface area contributed by atoms with Gasteiger partial charge in [0, 0.05) is 17.7 Å². The van der Waals surface area contributed by atoms with E-state index in [1.54, 1.807) is 0 Å². The molecule has 0 aromatic rings. The van der Waals surface area contributed by atoms with Crippen LogP contribution in [0.3, 0.4) is 0 Å². The summed E-state index contributed by atoms with van der Waals surface area (Å²) in [6.45, 7) is 15.5. The lowest BCUT2D eigenvalue weighted by Crippen LogP contribution is -2.32. The summed E-state index contributed by atoms with van der Waals surface area (Å²) in [4.78, 5) is 11.3. The molecule has 0 unspecified atom stereocenters. The molecule has 0 amide bonds. The quantitative estimate of drug-likeness (QED) is 0.696. The van der Waals surface area contributed by atoms with Crippen LogP contribution >= 0.6 is 0 Å². The van der Waals surface area contributed by atoms with Crippen molar-refractivity contribution in [1.82, 2.24) is 5.32 Å². The highest BCUT2D eigenvalue weighted by Crippen LogP contribution is 2.39. The first-order valence-electron chi connectivity index (χ1n) is 6.14. The van der Waals surface area contributed by atoms with Crippen LogP contribution in [-0.2, 0) is 9.53 Å². The van der Waals surface area contributed by atoms with Crippen molar-refractivity contribution >= 4 is 5.97 Å². The number of methoxy groups -OCH3 is 1. The van der Waals surface area contributed by atoms with Gasteiger partial charge in [0.05, 0.1) is 13.5 Å². The molecule has 0 atom stereocenters. The van der Waals surface area contributed by atoms with Crippen LogP contribution in [-0.4, -0.2) is 19.6 Å². The summed E-state index contributed by atoms with van der Waals surface area (Å²) < 4.78 is 4.73. The molecular weight excluding hydrogens is 214 g/mol. The van der Waals surface area contributed by atoms with Gasteiger partial charge in [-0.1, -0.05) is 34.3 Å². The molecule has 0 rings (SSSR count). The van der Waals surface area contributed by atoms with Crippen molar-refractivity contribution in [2.75, 3.05) is 13.7 Å². The van der Waals surface area contributed by atoms with Crippen molar-refractivity contribution in [2.45, 2.75) is 47.5 Å². The van der Waals surface area contributed by atoms with Gasteiger partial charge in [-0.2, -0.15) is 0 Å². The van der Waals surface area contributed by atoms with E-state index in [1.807, 2.05) is 0 Å². The van der Waals surface area contributed by atoms with Crippen molar-refractivity contribution in [3.8, 4) is 0 Å². The molecule has 0 aliphatic rings. The SMILES string of the molecule is C=C(NCC)C(C)(C)CC(C)(C)CC(=O)OC. The highest BCUT2D eigenvalue weighted by Gasteiger charge is 2.32. The molecule has 100 valence electrons. The van der Waals surface area contributed by atoms with Gasteiger partial charge in [-0.25, -0.2) is 0 Å². The van der Waals surface area contributed by atoms with Crippen LogP contribution in [0.1, 0.15) is 47.5 Å². The van der Waals surface area contributed by atoms with E-state index in [4.69, 9.17) is 4.74 Å². The molecular formula is C14H27NO2.